The predicted molar refractivity (Wildman–Crippen MR) is 87.7 cm³/mol. The van der Waals surface area contributed by atoms with E-state index in [0.29, 0.717) is 28.3 Å². The molecule has 0 atom stereocenters. The van der Waals surface area contributed by atoms with E-state index in [0.717, 1.165) is 11.1 Å². The minimum absolute atomic E-state index is 0.389. The summed E-state index contributed by atoms with van der Waals surface area (Å²) in [5.41, 5.74) is 3.08. The molecule has 0 aliphatic heterocycles. The maximum Gasteiger partial charge on any atom is 0.337 e. The van der Waals surface area contributed by atoms with Crippen LogP contribution >= 0.6 is 11.6 Å². The number of ether oxygens (including phenoxy) is 1. The lowest BCUT2D eigenvalue weighted by Gasteiger charge is -2.12. The van der Waals surface area contributed by atoms with Crippen molar-refractivity contribution in [3.63, 3.8) is 0 Å². The second kappa shape index (κ2) is 5.85. The minimum atomic E-state index is -0.461. The molecule has 0 aliphatic carbocycles. The SMILES string of the molecule is Cc1ccccc1COc1ccc2c(Cl)cc(=O)oc2c1C. The zero-order chi connectivity index (χ0) is 15.7. The molecule has 3 rings (SSSR count). The second-order valence-electron chi connectivity index (χ2n) is 5.19. The first kappa shape index (κ1) is 14.7. The Morgan fingerprint density at radius 2 is 1.91 bits per heavy atom. The Bertz CT molecular complexity index is 896. The van der Waals surface area contributed by atoms with E-state index in [4.69, 9.17) is 20.8 Å². The highest BCUT2D eigenvalue weighted by atomic mass is 35.5. The van der Waals surface area contributed by atoms with Crippen molar-refractivity contribution < 1.29 is 9.15 Å². The van der Waals surface area contributed by atoms with Crippen LogP contribution in [-0.4, -0.2) is 0 Å². The first-order valence-electron chi connectivity index (χ1n) is 6.96. The van der Waals surface area contributed by atoms with Crippen molar-refractivity contribution in [2.75, 3.05) is 0 Å². The van der Waals surface area contributed by atoms with Crippen LogP contribution in [0.15, 0.2) is 51.7 Å². The molecule has 0 saturated carbocycles. The molecule has 4 heteroatoms. The van der Waals surface area contributed by atoms with Gasteiger partial charge in [-0.05, 0) is 37.1 Å². The van der Waals surface area contributed by atoms with Crippen LogP contribution in [-0.2, 0) is 6.61 Å². The van der Waals surface area contributed by atoms with Gasteiger partial charge in [-0.1, -0.05) is 35.9 Å². The largest absolute Gasteiger partial charge is 0.488 e. The molecule has 0 unspecified atom stereocenters. The fourth-order valence-corrected chi connectivity index (χ4v) is 2.63. The lowest BCUT2D eigenvalue weighted by atomic mass is 10.1. The molecule has 0 fully saturated rings. The first-order valence-corrected chi connectivity index (χ1v) is 7.34. The fourth-order valence-electron chi connectivity index (χ4n) is 2.39. The molecule has 3 aromatic rings. The van der Waals surface area contributed by atoms with E-state index in [9.17, 15) is 4.79 Å². The van der Waals surface area contributed by atoms with Crippen molar-refractivity contribution in [1.29, 1.82) is 0 Å². The summed E-state index contributed by atoms with van der Waals surface area (Å²) in [5, 5.41) is 1.10. The topological polar surface area (TPSA) is 39.4 Å². The molecular formula is C18H15ClO3. The third-order valence-corrected chi connectivity index (χ3v) is 4.02. The Hall–Kier alpha value is -2.26. The number of aryl methyl sites for hydroxylation is 2. The minimum Gasteiger partial charge on any atom is -0.488 e. The molecule has 0 spiro atoms. The summed E-state index contributed by atoms with van der Waals surface area (Å²) in [4.78, 5) is 11.5. The van der Waals surface area contributed by atoms with Gasteiger partial charge in [-0.25, -0.2) is 4.79 Å². The number of hydrogen-bond donors (Lipinski definition) is 0. The van der Waals surface area contributed by atoms with E-state index < -0.39 is 5.63 Å². The quantitative estimate of drug-likeness (QED) is 0.661. The molecule has 112 valence electrons. The molecule has 0 aliphatic rings. The summed E-state index contributed by atoms with van der Waals surface area (Å²) >= 11 is 6.08. The lowest BCUT2D eigenvalue weighted by Crippen LogP contribution is -2.01. The van der Waals surface area contributed by atoms with E-state index in [1.807, 2.05) is 44.2 Å². The molecule has 22 heavy (non-hydrogen) atoms. The first-order chi connectivity index (χ1) is 10.6. The summed E-state index contributed by atoms with van der Waals surface area (Å²) in [6, 6.07) is 13.0. The molecule has 0 amide bonds. The normalized spacial score (nSPS) is 10.9. The average molecular weight is 315 g/mol. The number of halogens is 1. The summed E-state index contributed by atoms with van der Waals surface area (Å²) in [6.45, 7) is 4.36. The Kier molecular flexibility index (Phi) is 3.90. The van der Waals surface area contributed by atoms with Gasteiger partial charge in [-0.2, -0.15) is 0 Å². The van der Waals surface area contributed by atoms with Gasteiger partial charge in [0.1, 0.15) is 17.9 Å². The van der Waals surface area contributed by atoms with Gasteiger partial charge in [0, 0.05) is 17.0 Å². The van der Waals surface area contributed by atoms with Gasteiger partial charge in [0.15, 0.2) is 0 Å². The molecule has 0 saturated heterocycles. The van der Waals surface area contributed by atoms with Gasteiger partial charge in [-0.3, -0.25) is 0 Å². The third kappa shape index (κ3) is 2.72. The Morgan fingerprint density at radius 3 is 2.68 bits per heavy atom. The molecule has 0 bridgehead atoms. The van der Waals surface area contributed by atoms with Crippen LogP contribution in [0.3, 0.4) is 0 Å². The number of hydrogen-bond acceptors (Lipinski definition) is 3. The highest BCUT2D eigenvalue weighted by Gasteiger charge is 2.11. The number of rotatable bonds is 3. The summed E-state index contributed by atoms with van der Waals surface area (Å²) in [7, 11) is 0. The van der Waals surface area contributed by atoms with Crippen LogP contribution in [0.25, 0.3) is 11.0 Å². The van der Waals surface area contributed by atoms with Crippen LogP contribution in [0.4, 0.5) is 0 Å². The van der Waals surface area contributed by atoms with Crippen LogP contribution in [0.5, 0.6) is 5.75 Å². The Labute approximate surface area is 133 Å². The van der Waals surface area contributed by atoms with Crippen molar-refractivity contribution in [3.8, 4) is 5.75 Å². The summed E-state index contributed by atoms with van der Waals surface area (Å²) < 4.78 is 11.2. The van der Waals surface area contributed by atoms with Gasteiger partial charge in [0.25, 0.3) is 0 Å². The van der Waals surface area contributed by atoms with Crippen molar-refractivity contribution >= 4 is 22.6 Å². The Morgan fingerprint density at radius 1 is 1.14 bits per heavy atom. The Balaban J connectivity index is 1.97. The van der Waals surface area contributed by atoms with Crippen molar-refractivity contribution in [1.82, 2.24) is 0 Å². The van der Waals surface area contributed by atoms with Gasteiger partial charge in [0.05, 0.1) is 5.02 Å². The van der Waals surface area contributed by atoms with E-state index in [1.54, 1.807) is 6.07 Å². The van der Waals surface area contributed by atoms with Crippen LogP contribution in [0.1, 0.15) is 16.7 Å². The molecule has 1 heterocycles. The molecule has 0 N–H and O–H groups in total. The molecule has 2 aromatic carbocycles. The van der Waals surface area contributed by atoms with Crippen LogP contribution in [0.2, 0.25) is 5.02 Å². The summed E-state index contributed by atoms with van der Waals surface area (Å²) in [6.07, 6.45) is 0. The maximum absolute atomic E-state index is 11.5. The maximum atomic E-state index is 11.5. The zero-order valence-electron chi connectivity index (χ0n) is 12.4. The molecule has 0 radical (unpaired) electrons. The highest BCUT2D eigenvalue weighted by molar-refractivity contribution is 6.35. The number of fused-ring (bicyclic) bond motifs is 1. The highest BCUT2D eigenvalue weighted by Crippen LogP contribution is 2.30. The van der Waals surface area contributed by atoms with Gasteiger partial charge < -0.3 is 9.15 Å². The zero-order valence-corrected chi connectivity index (χ0v) is 13.1. The summed E-state index contributed by atoms with van der Waals surface area (Å²) in [5.74, 6) is 0.682. The van der Waals surface area contributed by atoms with Gasteiger partial charge >= 0.3 is 5.63 Å². The van der Waals surface area contributed by atoms with E-state index in [2.05, 4.69) is 0 Å². The average Bonchev–Trinajstić information content (AvgIpc) is 2.49. The van der Waals surface area contributed by atoms with Crippen LogP contribution in [0, 0.1) is 13.8 Å². The van der Waals surface area contributed by atoms with Crippen LogP contribution < -0.4 is 10.4 Å². The lowest BCUT2D eigenvalue weighted by molar-refractivity contribution is 0.303. The third-order valence-electron chi connectivity index (χ3n) is 3.71. The fraction of sp³-hybridized carbons (Fsp3) is 0.167. The van der Waals surface area contributed by atoms with Gasteiger partial charge in [0.2, 0.25) is 0 Å². The van der Waals surface area contributed by atoms with Crippen molar-refractivity contribution in [3.05, 3.63) is 74.6 Å². The number of benzene rings is 2. The molecular weight excluding hydrogens is 300 g/mol. The second-order valence-corrected chi connectivity index (χ2v) is 5.60. The molecule has 1 aromatic heterocycles. The van der Waals surface area contributed by atoms with Crippen molar-refractivity contribution in [2.45, 2.75) is 20.5 Å². The standard InChI is InChI=1S/C18H15ClO3/c1-11-5-3-4-6-13(11)10-21-16-8-7-14-15(19)9-17(20)22-18(14)12(16)2/h3-9H,10H2,1-2H3. The predicted octanol–water partition coefficient (Wildman–Crippen LogP) is 4.64. The smallest absolute Gasteiger partial charge is 0.337 e. The van der Waals surface area contributed by atoms with Crippen molar-refractivity contribution in [2.24, 2.45) is 0 Å². The van der Waals surface area contributed by atoms with E-state index in [-0.39, 0.29) is 0 Å². The monoisotopic (exact) mass is 314 g/mol. The van der Waals surface area contributed by atoms with Gasteiger partial charge in [-0.15, -0.1) is 0 Å². The van der Waals surface area contributed by atoms with E-state index in [1.165, 1.54) is 11.6 Å². The molecule has 3 nitrogen and oxygen atoms in total. The van der Waals surface area contributed by atoms with E-state index >= 15 is 0 Å².